The van der Waals surface area contributed by atoms with Crippen molar-refractivity contribution < 1.29 is 13.2 Å². The molecule has 0 atom stereocenters. The van der Waals surface area contributed by atoms with Gasteiger partial charge in [-0.25, -0.2) is 13.4 Å². The number of nitrogens with one attached hydrogen (secondary N) is 1. The minimum atomic E-state index is -3.72. The zero-order chi connectivity index (χ0) is 22.5. The van der Waals surface area contributed by atoms with Gasteiger partial charge in [-0.2, -0.15) is 0 Å². The average Bonchev–Trinajstić information content (AvgIpc) is 3.42. The third-order valence-corrected chi connectivity index (χ3v) is 8.78. The van der Waals surface area contributed by atoms with Gasteiger partial charge >= 0.3 is 0 Å². The molecule has 0 fully saturated rings. The lowest BCUT2D eigenvalue weighted by molar-refractivity contribution is 0.102. The lowest BCUT2D eigenvalue weighted by Gasteiger charge is -2.19. The molecule has 6 nitrogen and oxygen atoms in total. The molecule has 1 aliphatic rings. The molecule has 3 aromatic carbocycles. The Labute approximate surface area is 198 Å². The maximum atomic E-state index is 13.1. The second-order valence-electron chi connectivity index (χ2n) is 7.16. The summed E-state index contributed by atoms with van der Waals surface area (Å²) in [5.41, 5.74) is 2.53. The van der Waals surface area contributed by atoms with Crippen LogP contribution in [0, 0.1) is 0 Å². The topological polar surface area (TPSA) is 79.4 Å². The van der Waals surface area contributed by atoms with Crippen LogP contribution in [-0.4, -0.2) is 25.9 Å². The summed E-state index contributed by atoms with van der Waals surface area (Å²) >= 11 is 13.5. The number of rotatable bonds is 4. The molecule has 1 N–H and O–H groups in total. The Morgan fingerprint density at radius 2 is 1.72 bits per heavy atom. The van der Waals surface area contributed by atoms with Crippen molar-refractivity contribution in [2.75, 3.05) is 16.2 Å². The zero-order valence-corrected chi connectivity index (χ0v) is 19.5. The minimum Gasteiger partial charge on any atom is -0.298 e. The number of carbonyl (C=O) groups excluding carboxylic acids is 1. The SMILES string of the molecule is O=C(Nc1nc2c(Cl)ccc(Cl)c2s1)c1ccc(S(=O)(=O)N2CCc3ccccc32)cc1. The molecule has 0 bridgehead atoms. The molecular weight excluding hydrogens is 489 g/mol. The lowest BCUT2D eigenvalue weighted by Crippen LogP contribution is -2.29. The quantitative estimate of drug-likeness (QED) is 0.392. The van der Waals surface area contributed by atoms with Gasteiger partial charge in [0.05, 0.1) is 25.3 Å². The van der Waals surface area contributed by atoms with Crippen LogP contribution in [0.1, 0.15) is 15.9 Å². The van der Waals surface area contributed by atoms with E-state index < -0.39 is 15.9 Å². The van der Waals surface area contributed by atoms with Gasteiger partial charge in [0.25, 0.3) is 15.9 Å². The first-order valence-electron chi connectivity index (χ1n) is 9.61. The molecule has 0 spiro atoms. The van der Waals surface area contributed by atoms with Gasteiger partial charge in [-0.3, -0.25) is 14.4 Å². The summed E-state index contributed by atoms with van der Waals surface area (Å²) in [5.74, 6) is -0.410. The number of anilines is 2. The number of halogens is 2. The maximum absolute atomic E-state index is 13.1. The number of nitrogens with zero attached hydrogens (tertiary/aromatic N) is 2. The second kappa shape index (κ2) is 8.04. The number of carbonyl (C=O) groups is 1. The van der Waals surface area contributed by atoms with Crippen LogP contribution in [0.5, 0.6) is 0 Å². The number of hydrogen-bond donors (Lipinski definition) is 1. The van der Waals surface area contributed by atoms with E-state index in [9.17, 15) is 13.2 Å². The molecular formula is C22H15Cl2N3O3S2. The largest absolute Gasteiger partial charge is 0.298 e. The predicted molar refractivity (Wildman–Crippen MR) is 129 cm³/mol. The van der Waals surface area contributed by atoms with Crippen molar-refractivity contribution in [3.05, 3.63) is 81.8 Å². The fourth-order valence-electron chi connectivity index (χ4n) is 3.63. The van der Waals surface area contributed by atoms with Gasteiger partial charge in [0.15, 0.2) is 5.13 Å². The smallest absolute Gasteiger partial charge is 0.264 e. The lowest BCUT2D eigenvalue weighted by atomic mass is 10.2. The molecule has 0 saturated carbocycles. The van der Waals surface area contributed by atoms with Gasteiger partial charge in [0.1, 0.15) is 5.52 Å². The Kier molecular flexibility index (Phi) is 5.33. The fourth-order valence-corrected chi connectivity index (χ4v) is 6.55. The van der Waals surface area contributed by atoms with Crippen molar-refractivity contribution in [2.45, 2.75) is 11.3 Å². The fraction of sp³-hybridized carbons (Fsp3) is 0.0909. The standard InChI is InChI=1S/C22H15Cl2N3O3S2/c23-16-9-10-17(24)20-19(16)25-22(31-20)26-21(28)14-5-7-15(8-6-14)32(29,30)27-12-11-13-3-1-2-4-18(13)27/h1-10H,11-12H2,(H,25,26,28). The second-order valence-corrected chi connectivity index (χ2v) is 10.8. The maximum Gasteiger partial charge on any atom is 0.264 e. The summed E-state index contributed by atoms with van der Waals surface area (Å²) < 4.78 is 28.3. The van der Waals surface area contributed by atoms with Crippen LogP contribution in [0.2, 0.25) is 10.0 Å². The Hall–Kier alpha value is -2.65. The van der Waals surface area contributed by atoms with Gasteiger partial charge in [-0.1, -0.05) is 52.7 Å². The molecule has 4 aromatic rings. The van der Waals surface area contributed by atoms with Gasteiger partial charge in [0, 0.05) is 12.1 Å². The van der Waals surface area contributed by atoms with Crippen molar-refractivity contribution in [1.82, 2.24) is 4.98 Å². The number of hydrogen-bond acceptors (Lipinski definition) is 5. The van der Waals surface area contributed by atoms with E-state index in [2.05, 4.69) is 10.3 Å². The summed E-state index contributed by atoms with van der Waals surface area (Å²) in [6.45, 7) is 0.395. The van der Waals surface area contributed by atoms with Gasteiger partial charge in [0.2, 0.25) is 0 Å². The molecule has 2 heterocycles. The molecule has 0 aliphatic carbocycles. The monoisotopic (exact) mass is 503 g/mol. The van der Waals surface area contributed by atoms with Gasteiger partial charge in [-0.05, 0) is 54.4 Å². The number of aromatic nitrogens is 1. The highest BCUT2D eigenvalue weighted by Crippen LogP contribution is 2.36. The van der Waals surface area contributed by atoms with Crippen LogP contribution in [-0.2, 0) is 16.4 Å². The van der Waals surface area contributed by atoms with Gasteiger partial charge < -0.3 is 0 Å². The number of thiazole rings is 1. The van der Waals surface area contributed by atoms with E-state index in [1.54, 1.807) is 18.2 Å². The number of fused-ring (bicyclic) bond motifs is 2. The van der Waals surface area contributed by atoms with E-state index in [-0.39, 0.29) is 4.90 Å². The van der Waals surface area contributed by atoms with Crippen LogP contribution in [0.15, 0.2) is 65.6 Å². The average molecular weight is 504 g/mol. The van der Waals surface area contributed by atoms with Crippen LogP contribution >= 0.6 is 34.5 Å². The Balaban J connectivity index is 1.37. The number of sulfonamides is 1. The zero-order valence-electron chi connectivity index (χ0n) is 16.4. The Morgan fingerprint density at radius 1 is 1.00 bits per heavy atom. The predicted octanol–water partition coefficient (Wildman–Crippen LogP) is 5.61. The summed E-state index contributed by atoms with van der Waals surface area (Å²) in [7, 11) is -3.72. The van der Waals surface area contributed by atoms with E-state index >= 15 is 0 Å². The van der Waals surface area contributed by atoms with Crippen molar-refractivity contribution in [3.8, 4) is 0 Å². The number of benzene rings is 3. The van der Waals surface area contributed by atoms with Crippen molar-refractivity contribution in [1.29, 1.82) is 0 Å². The van der Waals surface area contributed by atoms with E-state index in [0.717, 1.165) is 5.56 Å². The molecule has 0 unspecified atom stereocenters. The first-order valence-corrected chi connectivity index (χ1v) is 12.6. The third kappa shape index (κ3) is 3.63. The summed E-state index contributed by atoms with van der Waals surface area (Å²) in [6, 6.07) is 16.6. The summed E-state index contributed by atoms with van der Waals surface area (Å²) in [5, 5.41) is 4.02. The van der Waals surface area contributed by atoms with Crippen LogP contribution in [0.4, 0.5) is 10.8 Å². The molecule has 0 radical (unpaired) electrons. The molecule has 32 heavy (non-hydrogen) atoms. The van der Waals surface area contributed by atoms with Crippen molar-refractivity contribution in [3.63, 3.8) is 0 Å². The Morgan fingerprint density at radius 3 is 2.47 bits per heavy atom. The Bertz CT molecular complexity index is 1430. The molecule has 162 valence electrons. The molecule has 1 aromatic heterocycles. The summed E-state index contributed by atoms with van der Waals surface area (Å²) in [4.78, 5) is 17.1. The third-order valence-electron chi connectivity index (χ3n) is 5.22. The highest BCUT2D eigenvalue weighted by atomic mass is 35.5. The first kappa shape index (κ1) is 21.2. The number of para-hydroxylation sites is 1. The van der Waals surface area contributed by atoms with E-state index in [1.807, 2.05) is 18.2 Å². The summed E-state index contributed by atoms with van der Waals surface area (Å²) in [6.07, 6.45) is 0.673. The highest BCUT2D eigenvalue weighted by Gasteiger charge is 2.30. The molecule has 1 amide bonds. The van der Waals surface area contributed by atoms with E-state index in [1.165, 1.54) is 39.9 Å². The normalized spacial score (nSPS) is 13.4. The molecule has 1 aliphatic heterocycles. The minimum absolute atomic E-state index is 0.129. The van der Waals surface area contributed by atoms with Crippen LogP contribution < -0.4 is 9.62 Å². The van der Waals surface area contributed by atoms with Crippen molar-refractivity contribution >= 4 is 71.5 Å². The van der Waals surface area contributed by atoms with Crippen LogP contribution in [0.25, 0.3) is 10.2 Å². The first-order chi connectivity index (χ1) is 15.3. The highest BCUT2D eigenvalue weighted by molar-refractivity contribution is 7.92. The van der Waals surface area contributed by atoms with Crippen LogP contribution in [0.3, 0.4) is 0 Å². The van der Waals surface area contributed by atoms with Gasteiger partial charge in [-0.15, -0.1) is 0 Å². The van der Waals surface area contributed by atoms with Crippen molar-refractivity contribution in [2.24, 2.45) is 0 Å². The van der Waals surface area contributed by atoms with E-state index in [4.69, 9.17) is 23.2 Å². The number of amides is 1. The molecule has 5 rings (SSSR count). The molecule has 10 heteroatoms. The van der Waals surface area contributed by atoms with E-state index in [0.29, 0.717) is 49.6 Å². The molecule has 0 saturated heterocycles.